The Morgan fingerprint density at radius 1 is 0.814 bits per heavy atom. The van der Waals surface area contributed by atoms with Crippen LogP contribution in [0.25, 0.3) is 10.8 Å². The fourth-order valence-electron chi connectivity index (χ4n) is 5.51. The summed E-state index contributed by atoms with van der Waals surface area (Å²) < 4.78 is 5.49. The second kappa shape index (κ2) is 14.6. The molecule has 3 amide bonds. The third-order valence-electron chi connectivity index (χ3n) is 7.77. The average Bonchev–Trinajstić information content (AvgIpc) is 3.28. The van der Waals surface area contributed by atoms with Crippen LogP contribution >= 0.6 is 0 Å². The van der Waals surface area contributed by atoms with E-state index in [-0.39, 0.29) is 37.6 Å². The second-order valence-corrected chi connectivity index (χ2v) is 10.8. The van der Waals surface area contributed by atoms with Crippen LogP contribution in [0.15, 0.2) is 97.1 Å². The molecular formula is C35H37N3O5. The average molecular weight is 580 g/mol. The molecule has 1 aliphatic heterocycles. The summed E-state index contributed by atoms with van der Waals surface area (Å²) >= 11 is 0. The van der Waals surface area contributed by atoms with Crippen molar-refractivity contribution in [3.8, 4) is 0 Å². The number of carbonyl (C=O) groups is 3. The van der Waals surface area contributed by atoms with Gasteiger partial charge in [0.25, 0.3) is 11.8 Å². The standard InChI is InChI=1S/C35H37N3O5/c39-22-21-37(20-18-26-16-17-28-11-4-5-12-29(28)23-26)24-30(36-35(42)43-25-27-9-2-1-3-10-27)13-8-19-38-33(40)31-14-6-7-15-32(31)34(38)41/h1-7,9-12,14-17,23,30,39H,8,13,18-22,24-25H2,(H,36,42). The molecule has 4 aromatic rings. The number of nitrogens with one attached hydrogen (secondary N) is 1. The maximum absolute atomic E-state index is 12.8. The van der Waals surface area contributed by atoms with Gasteiger partial charge in [-0.05, 0) is 53.3 Å². The molecule has 8 heteroatoms. The van der Waals surface area contributed by atoms with Gasteiger partial charge in [0.05, 0.1) is 17.7 Å². The fraction of sp³-hybridized carbons (Fsp3) is 0.286. The summed E-state index contributed by atoms with van der Waals surface area (Å²) in [6, 6.07) is 30.7. The van der Waals surface area contributed by atoms with Crippen molar-refractivity contribution in [1.29, 1.82) is 0 Å². The molecule has 222 valence electrons. The fourth-order valence-corrected chi connectivity index (χ4v) is 5.51. The zero-order chi connectivity index (χ0) is 30.0. The van der Waals surface area contributed by atoms with Gasteiger partial charge in [0.1, 0.15) is 6.61 Å². The second-order valence-electron chi connectivity index (χ2n) is 10.8. The lowest BCUT2D eigenvalue weighted by Gasteiger charge is -2.28. The van der Waals surface area contributed by atoms with E-state index < -0.39 is 6.09 Å². The Morgan fingerprint density at radius 2 is 1.49 bits per heavy atom. The van der Waals surface area contributed by atoms with Crippen LogP contribution in [-0.2, 0) is 17.8 Å². The minimum atomic E-state index is -0.534. The van der Waals surface area contributed by atoms with Crippen LogP contribution in [0.2, 0.25) is 0 Å². The first kappa shape index (κ1) is 29.9. The van der Waals surface area contributed by atoms with E-state index in [4.69, 9.17) is 4.74 Å². The number of hydrogen-bond acceptors (Lipinski definition) is 6. The first-order chi connectivity index (χ1) is 21.0. The number of fused-ring (bicyclic) bond motifs is 2. The number of nitrogens with zero attached hydrogens (tertiary/aromatic N) is 2. The SMILES string of the molecule is O=C(NC(CCCN1C(=O)c2ccccc2C1=O)CN(CCO)CCc1ccc2ccccc2c1)OCc1ccccc1. The summed E-state index contributed by atoms with van der Waals surface area (Å²) in [5.41, 5.74) is 2.93. The molecule has 0 saturated heterocycles. The molecule has 0 fully saturated rings. The van der Waals surface area contributed by atoms with E-state index in [0.29, 0.717) is 43.6 Å². The quantitative estimate of drug-likeness (QED) is 0.203. The Morgan fingerprint density at radius 3 is 2.21 bits per heavy atom. The monoisotopic (exact) mass is 579 g/mol. The van der Waals surface area contributed by atoms with Gasteiger partial charge in [0, 0.05) is 32.2 Å². The summed E-state index contributed by atoms with van der Waals surface area (Å²) in [5.74, 6) is -0.575. The lowest BCUT2D eigenvalue weighted by atomic mass is 10.0. The number of aliphatic hydroxyl groups is 1. The normalized spacial score (nSPS) is 13.4. The van der Waals surface area contributed by atoms with E-state index in [0.717, 1.165) is 12.0 Å². The van der Waals surface area contributed by atoms with E-state index in [2.05, 4.69) is 40.5 Å². The summed E-state index contributed by atoms with van der Waals surface area (Å²) in [6.45, 7) is 2.00. The molecule has 0 radical (unpaired) electrons. The molecule has 43 heavy (non-hydrogen) atoms. The molecule has 1 heterocycles. The minimum Gasteiger partial charge on any atom is -0.445 e. The van der Waals surface area contributed by atoms with Crippen molar-refractivity contribution in [3.63, 3.8) is 0 Å². The summed E-state index contributed by atoms with van der Waals surface area (Å²) in [5, 5.41) is 15.2. The molecule has 1 unspecified atom stereocenters. The van der Waals surface area contributed by atoms with Crippen molar-refractivity contribution in [2.75, 3.05) is 32.8 Å². The van der Waals surface area contributed by atoms with Gasteiger partial charge in [-0.15, -0.1) is 0 Å². The number of hydrogen-bond donors (Lipinski definition) is 2. The molecule has 0 bridgehead atoms. The van der Waals surface area contributed by atoms with Gasteiger partial charge in [-0.2, -0.15) is 0 Å². The number of carbonyl (C=O) groups excluding carboxylic acids is 3. The first-order valence-electron chi connectivity index (χ1n) is 14.7. The summed E-state index contributed by atoms with van der Waals surface area (Å²) in [7, 11) is 0. The van der Waals surface area contributed by atoms with E-state index in [1.807, 2.05) is 42.5 Å². The maximum Gasteiger partial charge on any atom is 0.407 e. The van der Waals surface area contributed by atoms with E-state index in [1.165, 1.54) is 21.2 Å². The summed E-state index contributed by atoms with van der Waals surface area (Å²) in [6.07, 6.45) is 1.27. The zero-order valence-electron chi connectivity index (χ0n) is 24.2. The third kappa shape index (κ3) is 7.85. The van der Waals surface area contributed by atoms with Gasteiger partial charge in [0.2, 0.25) is 0 Å². The number of rotatable bonds is 14. The van der Waals surface area contributed by atoms with Crippen molar-refractivity contribution in [2.45, 2.75) is 31.9 Å². The molecule has 4 aromatic carbocycles. The highest BCUT2D eigenvalue weighted by atomic mass is 16.5. The molecule has 5 rings (SSSR count). The smallest absolute Gasteiger partial charge is 0.407 e. The number of alkyl carbamates (subject to hydrolysis) is 1. The van der Waals surface area contributed by atoms with Crippen molar-refractivity contribution in [1.82, 2.24) is 15.1 Å². The van der Waals surface area contributed by atoms with Crippen molar-refractivity contribution in [2.24, 2.45) is 0 Å². The van der Waals surface area contributed by atoms with E-state index >= 15 is 0 Å². The minimum absolute atomic E-state index is 0.0159. The Kier molecular flexibility index (Phi) is 10.2. The molecule has 0 aromatic heterocycles. The number of amides is 3. The van der Waals surface area contributed by atoms with Crippen LogP contribution in [0.3, 0.4) is 0 Å². The molecule has 0 saturated carbocycles. The number of imide groups is 1. The molecule has 0 spiro atoms. The Labute approximate surface area is 251 Å². The lowest BCUT2D eigenvalue weighted by molar-refractivity contribution is 0.0647. The topological polar surface area (TPSA) is 99.2 Å². The maximum atomic E-state index is 12.8. The molecule has 1 atom stereocenters. The third-order valence-corrected chi connectivity index (χ3v) is 7.77. The highest BCUT2D eigenvalue weighted by molar-refractivity contribution is 6.21. The highest BCUT2D eigenvalue weighted by Gasteiger charge is 2.34. The van der Waals surface area contributed by atoms with Gasteiger partial charge >= 0.3 is 6.09 Å². The first-order valence-corrected chi connectivity index (χ1v) is 14.7. The number of benzene rings is 4. The molecule has 8 nitrogen and oxygen atoms in total. The largest absolute Gasteiger partial charge is 0.445 e. The zero-order valence-corrected chi connectivity index (χ0v) is 24.2. The van der Waals surface area contributed by atoms with E-state index in [1.54, 1.807) is 24.3 Å². The Hall–Kier alpha value is -4.53. The predicted molar refractivity (Wildman–Crippen MR) is 166 cm³/mol. The Balaban J connectivity index is 1.22. The molecule has 2 N–H and O–H groups in total. The van der Waals surface area contributed by atoms with E-state index in [9.17, 15) is 19.5 Å². The van der Waals surface area contributed by atoms with Crippen LogP contribution in [0.4, 0.5) is 4.79 Å². The van der Waals surface area contributed by atoms with Gasteiger partial charge in [-0.25, -0.2) is 4.79 Å². The van der Waals surface area contributed by atoms with Gasteiger partial charge < -0.3 is 15.2 Å². The van der Waals surface area contributed by atoms with Crippen LogP contribution in [0.5, 0.6) is 0 Å². The lowest BCUT2D eigenvalue weighted by Crippen LogP contribution is -2.45. The predicted octanol–water partition coefficient (Wildman–Crippen LogP) is 5.05. The highest BCUT2D eigenvalue weighted by Crippen LogP contribution is 2.23. The molecular weight excluding hydrogens is 542 g/mol. The van der Waals surface area contributed by atoms with Crippen LogP contribution in [-0.4, -0.2) is 71.6 Å². The van der Waals surface area contributed by atoms with Crippen LogP contribution in [0, 0.1) is 0 Å². The Bertz CT molecular complexity index is 1520. The van der Waals surface area contributed by atoms with Crippen molar-refractivity contribution in [3.05, 3.63) is 119 Å². The number of aliphatic hydroxyl groups excluding tert-OH is 1. The molecule has 1 aliphatic rings. The van der Waals surface area contributed by atoms with Gasteiger partial charge in [-0.3, -0.25) is 19.4 Å². The van der Waals surface area contributed by atoms with Crippen LogP contribution in [0.1, 0.15) is 44.7 Å². The van der Waals surface area contributed by atoms with Crippen molar-refractivity contribution < 1.29 is 24.2 Å². The number of ether oxygens (including phenoxy) is 1. The summed E-state index contributed by atoms with van der Waals surface area (Å²) in [4.78, 5) is 41.9. The van der Waals surface area contributed by atoms with Gasteiger partial charge in [-0.1, -0.05) is 84.9 Å². The van der Waals surface area contributed by atoms with Crippen LogP contribution < -0.4 is 5.32 Å². The molecule has 0 aliphatic carbocycles. The van der Waals surface area contributed by atoms with Gasteiger partial charge in [0.15, 0.2) is 0 Å². The van der Waals surface area contributed by atoms with Crippen molar-refractivity contribution >= 4 is 28.7 Å².